The van der Waals surface area contributed by atoms with Gasteiger partial charge in [0.15, 0.2) is 23.1 Å². The number of para-hydroxylation sites is 1. The molecular weight excluding hydrogens is 613 g/mol. The van der Waals surface area contributed by atoms with E-state index in [2.05, 4.69) is 37.4 Å². The number of aryl methyl sites for hydroxylation is 2. The fraction of sp³-hybridized carbons (Fsp3) is 0.361. The minimum atomic E-state index is -0.511. The van der Waals surface area contributed by atoms with Crippen LogP contribution in [0.4, 0.5) is 21.7 Å². The molecule has 0 bridgehead atoms. The van der Waals surface area contributed by atoms with E-state index in [1.807, 2.05) is 44.2 Å². The topological polar surface area (TPSA) is 127 Å². The molecule has 1 fully saturated rings. The third-order valence-electron chi connectivity index (χ3n) is 8.25. The van der Waals surface area contributed by atoms with Crippen LogP contribution in [0.15, 0.2) is 60.8 Å². The van der Waals surface area contributed by atoms with E-state index < -0.39 is 11.7 Å². The van der Waals surface area contributed by atoms with Gasteiger partial charge in [-0.1, -0.05) is 24.3 Å². The number of nitrogens with one attached hydrogen (secondary N) is 2. The maximum atomic E-state index is 15.0. The second-order valence-corrected chi connectivity index (χ2v) is 11.9. The van der Waals surface area contributed by atoms with E-state index in [1.54, 1.807) is 18.2 Å². The SMILES string of the molecule is COc1cc(CCN)ccc1Oc1nc(Nc2ccc(OCCCN3CCN(C)CC3)c(F)c2)ncc1C(=O)Nc1c(C)cccc1C. The summed E-state index contributed by atoms with van der Waals surface area (Å²) in [6, 6.07) is 15.8. The number of methoxy groups -OCH3 is 1. The van der Waals surface area contributed by atoms with Gasteiger partial charge in [-0.15, -0.1) is 0 Å². The van der Waals surface area contributed by atoms with E-state index in [9.17, 15) is 4.79 Å². The van der Waals surface area contributed by atoms with Crippen molar-refractivity contribution in [2.45, 2.75) is 26.7 Å². The molecule has 254 valence electrons. The van der Waals surface area contributed by atoms with Crippen molar-refractivity contribution in [1.29, 1.82) is 0 Å². The molecule has 0 unspecified atom stereocenters. The molecule has 11 nitrogen and oxygen atoms in total. The molecule has 2 heterocycles. The monoisotopic (exact) mass is 657 g/mol. The molecule has 0 spiro atoms. The first kappa shape index (κ1) is 34.6. The van der Waals surface area contributed by atoms with Gasteiger partial charge < -0.3 is 40.4 Å². The van der Waals surface area contributed by atoms with E-state index in [0.717, 1.165) is 55.8 Å². The van der Waals surface area contributed by atoms with Crippen molar-refractivity contribution in [2.75, 3.05) is 70.7 Å². The first-order chi connectivity index (χ1) is 23.2. The highest BCUT2D eigenvalue weighted by Crippen LogP contribution is 2.34. The van der Waals surface area contributed by atoms with Gasteiger partial charge in [0.05, 0.1) is 13.7 Å². The zero-order valence-electron chi connectivity index (χ0n) is 28.0. The lowest BCUT2D eigenvalue weighted by atomic mass is 10.1. The molecule has 4 N–H and O–H groups in total. The highest BCUT2D eigenvalue weighted by molar-refractivity contribution is 6.06. The number of benzene rings is 3. The number of hydrogen-bond donors (Lipinski definition) is 3. The molecule has 0 saturated carbocycles. The van der Waals surface area contributed by atoms with Crippen LogP contribution in [0.25, 0.3) is 0 Å². The smallest absolute Gasteiger partial charge is 0.262 e. The number of ether oxygens (including phenoxy) is 3. The maximum absolute atomic E-state index is 15.0. The van der Waals surface area contributed by atoms with Crippen molar-refractivity contribution in [3.05, 3.63) is 88.9 Å². The molecule has 0 atom stereocenters. The average molecular weight is 658 g/mol. The van der Waals surface area contributed by atoms with Gasteiger partial charge in [-0.3, -0.25) is 4.79 Å². The average Bonchev–Trinajstić information content (AvgIpc) is 3.07. The third-order valence-corrected chi connectivity index (χ3v) is 8.25. The molecule has 1 aromatic heterocycles. The zero-order chi connectivity index (χ0) is 34.0. The molecular formula is C36H44FN7O4. The lowest BCUT2D eigenvalue weighted by Gasteiger charge is -2.32. The molecule has 0 radical (unpaired) electrons. The summed E-state index contributed by atoms with van der Waals surface area (Å²) in [5.74, 6) is 0.110. The summed E-state index contributed by atoms with van der Waals surface area (Å²) in [7, 11) is 3.66. The van der Waals surface area contributed by atoms with Gasteiger partial charge in [-0.2, -0.15) is 4.98 Å². The van der Waals surface area contributed by atoms with Crippen LogP contribution in [0.2, 0.25) is 0 Å². The van der Waals surface area contributed by atoms with E-state index in [0.29, 0.717) is 42.4 Å². The van der Waals surface area contributed by atoms with E-state index in [4.69, 9.17) is 19.9 Å². The first-order valence-corrected chi connectivity index (χ1v) is 16.1. The van der Waals surface area contributed by atoms with Crippen molar-refractivity contribution in [1.82, 2.24) is 19.8 Å². The number of carbonyl (C=O) groups is 1. The summed E-state index contributed by atoms with van der Waals surface area (Å²) < 4.78 is 32.5. The Labute approximate surface area is 281 Å². The summed E-state index contributed by atoms with van der Waals surface area (Å²) >= 11 is 0. The van der Waals surface area contributed by atoms with Crippen molar-refractivity contribution in [2.24, 2.45) is 5.73 Å². The normalized spacial score (nSPS) is 13.6. The fourth-order valence-electron chi connectivity index (χ4n) is 5.44. The minimum Gasteiger partial charge on any atom is -0.493 e. The minimum absolute atomic E-state index is 0.0121. The quantitative estimate of drug-likeness (QED) is 0.149. The van der Waals surface area contributed by atoms with Gasteiger partial charge in [-0.05, 0) is 81.2 Å². The summed E-state index contributed by atoms with van der Waals surface area (Å²) in [6.45, 7) is 9.84. The lowest BCUT2D eigenvalue weighted by Crippen LogP contribution is -2.44. The van der Waals surface area contributed by atoms with E-state index in [1.165, 1.54) is 19.4 Å². The molecule has 5 rings (SSSR count). The third kappa shape index (κ3) is 8.97. The highest BCUT2D eigenvalue weighted by atomic mass is 19.1. The Kier molecular flexibility index (Phi) is 11.8. The van der Waals surface area contributed by atoms with Gasteiger partial charge in [0.25, 0.3) is 5.91 Å². The number of anilines is 3. The van der Waals surface area contributed by atoms with Crippen molar-refractivity contribution in [3.8, 4) is 23.1 Å². The Bertz CT molecular complexity index is 1690. The second-order valence-electron chi connectivity index (χ2n) is 11.9. The Balaban J connectivity index is 1.33. The summed E-state index contributed by atoms with van der Waals surface area (Å²) in [6.07, 6.45) is 2.85. The van der Waals surface area contributed by atoms with Crippen molar-refractivity contribution in [3.63, 3.8) is 0 Å². The van der Waals surface area contributed by atoms with Crippen LogP contribution in [0.3, 0.4) is 0 Å². The Morgan fingerprint density at radius 1 is 1.00 bits per heavy atom. The lowest BCUT2D eigenvalue weighted by molar-refractivity contribution is 0.102. The Morgan fingerprint density at radius 2 is 1.75 bits per heavy atom. The number of likely N-dealkylation sites (N-methyl/N-ethyl adjacent to an activating group) is 1. The van der Waals surface area contributed by atoms with E-state index >= 15 is 4.39 Å². The van der Waals surface area contributed by atoms with Gasteiger partial charge >= 0.3 is 0 Å². The van der Waals surface area contributed by atoms with Crippen LogP contribution in [-0.4, -0.2) is 85.7 Å². The molecule has 1 aliphatic rings. The van der Waals surface area contributed by atoms with Crippen LogP contribution in [-0.2, 0) is 6.42 Å². The number of aromatic nitrogens is 2. The van der Waals surface area contributed by atoms with Crippen LogP contribution in [0.1, 0.15) is 33.5 Å². The number of halogens is 1. The van der Waals surface area contributed by atoms with E-state index in [-0.39, 0.29) is 23.1 Å². The summed E-state index contributed by atoms with van der Waals surface area (Å²) in [5, 5.41) is 5.98. The number of hydrogen-bond acceptors (Lipinski definition) is 10. The van der Waals surface area contributed by atoms with Crippen LogP contribution in [0.5, 0.6) is 23.1 Å². The molecule has 12 heteroatoms. The largest absolute Gasteiger partial charge is 0.493 e. The standard InChI is InChI=1S/C36H44FN7O4/c1-24-7-5-8-25(2)33(24)41-34(45)28-23-39-36(42-35(28)48-31-11-9-26(13-14-38)21-32(31)46-4)40-27-10-12-30(29(37)22-27)47-20-6-15-44-18-16-43(3)17-19-44/h5,7-12,21-23H,6,13-20,38H2,1-4H3,(H,41,45)(H,39,40,42). The second kappa shape index (κ2) is 16.4. The summed E-state index contributed by atoms with van der Waals surface area (Å²) in [5.41, 5.74) is 9.72. The molecule has 1 saturated heterocycles. The first-order valence-electron chi connectivity index (χ1n) is 16.1. The Morgan fingerprint density at radius 3 is 2.46 bits per heavy atom. The molecule has 0 aliphatic carbocycles. The summed E-state index contributed by atoms with van der Waals surface area (Å²) in [4.78, 5) is 27.2. The number of piperazine rings is 1. The molecule has 48 heavy (non-hydrogen) atoms. The van der Waals surface area contributed by atoms with Gasteiger partial charge in [0.2, 0.25) is 11.8 Å². The maximum Gasteiger partial charge on any atom is 0.262 e. The van der Waals surface area contributed by atoms with Crippen molar-refractivity contribution >= 4 is 23.2 Å². The highest BCUT2D eigenvalue weighted by Gasteiger charge is 2.21. The van der Waals surface area contributed by atoms with Gasteiger partial charge in [0.1, 0.15) is 5.56 Å². The zero-order valence-corrected chi connectivity index (χ0v) is 28.0. The molecule has 1 amide bonds. The number of carbonyl (C=O) groups excluding carboxylic acids is 1. The van der Waals surface area contributed by atoms with Gasteiger partial charge in [-0.25, -0.2) is 9.37 Å². The molecule has 1 aliphatic heterocycles. The fourth-order valence-corrected chi connectivity index (χ4v) is 5.44. The number of nitrogens with zero attached hydrogens (tertiary/aromatic N) is 4. The van der Waals surface area contributed by atoms with Crippen LogP contribution >= 0.6 is 0 Å². The molecule has 3 aromatic carbocycles. The van der Waals surface area contributed by atoms with Crippen molar-refractivity contribution < 1.29 is 23.4 Å². The molecule has 4 aromatic rings. The van der Waals surface area contributed by atoms with Crippen LogP contribution < -0.4 is 30.6 Å². The van der Waals surface area contributed by atoms with Gasteiger partial charge in [0, 0.05) is 56.4 Å². The number of rotatable bonds is 14. The predicted molar refractivity (Wildman–Crippen MR) is 185 cm³/mol. The predicted octanol–water partition coefficient (Wildman–Crippen LogP) is 5.55. The number of nitrogens with two attached hydrogens (primary N) is 1. The number of amides is 1. The Hall–Kier alpha value is -4.78. The van der Waals surface area contributed by atoms with Crippen LogP contribution in [0, 0.1) is 19.7 Å².